The van der Waals surface area contributed by atoms with Crippen LogP contribution in [0.15, 0.2) is 24.3 Å². The number of halogens is 1. The van der Waals surface area contributed by atoms with Crippen molar-refractivity contribution in [2.45, 2.75) is 6.92 Å². The number of benzene rings is 1. The SMILES string of the molecule is CNC(=O)N(C(=N)N)c1ccccc1C.Cl. The summed E-state index contributed by atoms with van der Waals surface area (Å²) in [5.74, 6) is -0.302. The Morgan fingerprint density at radius 3 is 2.44 bits per heavy atom. The van der Waals surface area contributed by atoms with Crippen LogP contribution in [0.25, 0.3) is 0 Å². The van der Waals surface area contributed by atoms with E-state index >= 15 is 0 Å². The molecule has 4 N–H and O–H groups in total. The van der Waals surface area contributed by atoms with E-state index in [-0.39, 0.29) is 18.4 Å². The minimum absolute atomic E-state index is 0. The van der Waals surface area contributed by atoms with E-state index in [9.17, 15) is 4.79 Å². The van der Waals surface area contributed by atoms with Crippen LogP contribution in [0, 0.1) is 12.3 Å². The number of urea groups is 1. The zero-order valence-corrected chi connectivity index (χ0v) is 9.97. The maximum Gasteiger partial charge on any atom is 0.328 e. The van der Waals surface area contributed by atoms with Crippen molar-refractivity contribution in [3.05, 3.63) is 29.8 Å². The highest BCUT2D eigenvalue weighted by Crippen LogP contribution is 2.18. The fourth-order valence-electron chi connectivity index (χ4n) is 1.27. The van der Waals surface area contributed by atoms with Crippen LogP contribution in [0.3, 0.4) is 0 Å². The zero-order chi connectivity index (χ0) is 11.4. The molecule has 1 rings (SSSR count). The lowest BCUT2D eigenvalue weighted by atomic mass is 10.2. The molecule has 0 unspecified atom stereocenters. The molecule has 5 nitrogen and oxygen atoms in total. The summed E-state index contributed by atoms with van der Waals surface area (Å²) in [6.07, 6.45) is 0. The molecule has 16 heavy (non-hydrogen) atoms. The maximum atomic E-state index is 11.5. The average Bonchev–Trinajstić information content (AvgIpc) is 2.20. The number of carbonyl (C=O) groups is 1. The van der Waals surface area contributed by atoms with Crippen LogP contribution in [-0.2, 0) is 0 Å². The maximum absolute atomic E-state index is 11.5. The molecule has 0 radical (unpaired) electrons. The van der Waals surface area contributed by atoms with Gasteiger partial charge >= 0.3 is 6.03 Å². The van der Waals surface area contributed by atoms with Gasteiger partial charge in [-0.3, -0.25) is 5.41 Å². The van der Waals surface area contributed by atoms with E-state index in [1.807, 2.05) is 19.1 Å². The molecule has 0 aliphatic carbocycles. The third kappa shape index (κ3) is 2.87. The molecule has 0 aliphatic rings. The molecule has 0 saturated heterocycles. The van der Waals surface area contributed by atoms with Crippen molar-refractivity contribution in [1.29, 1.82) is 5.41 Å². The summed E-state index contributed by atoms with van der Waals surface area (Å²) in [5.41, 5.74) is 6.86. The predicted octanol–water partition coefficient (Wildman–Crippen LogP) is 1.46. The number of amides is 2. The van der Waals surface area contributed by atoms with Crippen molar-refractivity contribution in [1.82, 2.24) is 5.32 Å². The molecular formula is C10H15ClN4O. The second-order valence-electron chi connectivity index (χ2n) is 3.06. The van der Waals surface area contributed by atoms with Crippen molar-refractivity contribution in [2.24, 2.45) is 5.73 Å². The van der Waals surface area contributed by atoms with Gasteiger partial charge in [0.2, 0.25) is 5.96 Å². The van der Waals surface area contributed by atoms with Crippen LogP contribution in [0.5, 0.6) is 0 Å². The van der Waals surface area contributed by atoms with E-state index in [1.54, 1.807) is 12.1 Å². The Hall–Kier alpha value is -1.75. The Kier molecular flexibility index (Phi) is 5.32. The van der Waals surface area contributed by atoms with Crippen molar-refractivity contribution < 1.29 is 4.79 Å². The number of nitrogens with one attached hydrogen (secondary N) is 2. The zero-order valence-electron chi connectivity index (χ0n) is 9.15. The second kappa shape index (κ2) is 5.97. The quantitative estimate of drug-likeness (QED) is 0.515. The molecule has 0 heterocycles. The van der Waals surface area contributed by atoms with E-state index in [0.717, 1.165) is 10.5 Å². The summed E-state index contributed by atoms with van der Waals surface area (Å²) in [7, 11) is 1.50. The number of para-hydroxylation sites is 1. The predicted molar refractivity (Wildman–Crippen MR) is 67.3 cm³/mol. The summed E-state index contributed by atoms with van der Waals surface area (Å²) in [6.45, 7) is 1.86. The van der Waals surface area contributed by atoms with Gasteiger partial charge in [-0.15, -0.1) is 12.4 Å². The molecule has 0 fully saturated rings. The van der Waals surface area contributed by atoms with Crippen LogP contribution in [0.2, 0.25) is 0 Å². The first kappa shape index (κ1) is 14.2. The molecule has 0 aliphatic heterocycles. The van der Waals surface area contributed by atoms with Gasteiger partial charge in [0.15, 0.2) is 0 Å². The number of nitrogens with two attached hydrogens (primary N) is 1. The van der Waals surface area contributed by atoms with Gasteiger partial charge in [-0.2, -0.15) is 0 Å². The van der Waals surface area contributed by atoms with Gasteiger partial charge in [0.05, 0.1) is 5.69 Å². The number of nitrogens with zero attached hydrogens (tertiary/aromatic N) is 1. The van der Waals surface area contributed by atoms with E-state index in [4.69, 9.17) is 11.1 Å². The molecule has 0 aromatic heterocycles. The molecule has 1 aromatic rings. The van der Waals surface area contributed by atoms with Crippen LogP contribution < -0.4 is 16.0 Å². The highest BCUT2D eigenvalue weighted by molar-refractivity contribution is 6.14. The first-order valence-electron chi connectivity index (χ1n) is 4.49. The normalized spacial score (nSPS) is 8.88. The average molecular weight is 243 g/mol. The van der Waals surface area contributed by atoms with Gasteiger partial charge in [-0.25, -0.2) is 9.69 Å². The molecule has 0 saturated carbocycles. The Labute approximate surface area is 101 Å². The second-order valence-corrected chi connectivity index (χ2v) is 3.06. The molecular weight excluding hydrogens is 228 g/mol. The number of carbonyl (C=O) groups excluding carboxylic acids is 1. The first-order chi connectivity index (χ1) is 7.07. The van der Waals surface area contributed by atoms with Gasteiger partial charge in [0, 0.05) is 7.05 Å². The minimum atomic E-state index is -0.420. The van der Waals surface area contributed by atoms with E-state index in [1.165, 1.54) is 7.05 Å². The standard InChI is InChI=1S/C10H14N4O.ClH/c1-7-5-3-4-6-8(7)14(9(11)12)10(15)13-2;/h3-6H,1-2H3,(H3,11,12)(H,13,15);1H. The first-order valence-corrected chi connectivity index (χ1v) is 4.49. The van der Waals surface area contributed by atoms with Crippen molar-refractivity contribution >= 4 is 30.1 Å². The number of aryl methyl sites for hydroxylation is 1. The molecule has 6 heteroatoms. The summed E-state index contributed by atoms with van der Waals surface area (Å²) < 4.78 is 0. The summed E-state index contributed by atoms with van der Waals surface area (Å²) >= 11 is 0. The van der Waals surface area contributed by atoms with Gasteiger partial charge < -0.3 is 11.1 Å². The lowest BCUT2D eigenvalue weighted by Gasteiger charge is -2.21. The number of guanidine groups is 1. The largest absolute Gasteiger partial charge is 0.369 e. The fourth-order valence-corrected chi connectivity index (χ4v) is 1.27. The molecule has 0 spiro atoms. The van der Waals surface area contributed by atoms with Gasteiger partial charge in [-0.05, 0) is 18.6 Å². The van der Waals surface area contributed by atoms with Gasteiger partial charge in [0.25, 0.3) is 0 Å². The Bertz CT molecular complexity index is 394. The van der Waals surface area contributed by atoms with Crippen LogP contribution in [-0.4, -0.2) is 19.0 Å². The molecule has 0 bridgehead atoms. The summed E-state index contributed by atoms with van der Waals surface area (Å²) in [6, 6.07) is 6.83. The number of anilines is 1. The smallest absolute Gasteiger partial charge is 0.328 e. The van der Waals surface area contributed by atoms with Gasteiger partial charge in [-0.1, -0.05) is 18.2 Å². The van der Waals surface area contributed by atoms with Gasteiger partial charge in [0.1, 0.15) is 0 Å². The Morgan fingerprint density at radius 2 is 2.00 bits per heavy atom. The third-order valence-corrected chi connectivity index (χ3v) is 2.01. The van der Waals surface area contributed by atoms with E-state index in [0.29, 0.717) is 5.69 Å². The highest BCUT2D eigenvalue weighted by atomic mass is 35.5. The molecule has 88 valence electrons. The number of hydrogen-bond donors (Lipinski definition) is 3. The fraction of sp³-hybridized carbons (Fsp3) is 0.200. The summed E-state index contributed by atoms with van der Waals surface area (Å²) in [4.78, 5) is 12.6. The van der Waals surface area contributed by atoms with Crippen molar-refractivity contribution in [3.8, 4) is 0 Å². The van der Waals surface area contributed by atoms with Crippen molar-refractivity contribution in [2.75, 3.05) is 11.9 Å². The van der Waals surface area contributed by atoms with E-state index in [2.05, 4.69) is 5.32 Å². The molecule has 0 atom stereocenters. The number of hydrogen-bond acceptors (Lipinski definition) is 2. The third-order valence-electron chi connectivity index (χ3n) is 2.01. The van der Waals surface area contributed by atoms with Crippen LogP contribution in [0.4, 0.5) is 10.5 Å². The van der Waals surface area contributed by atoms with Crippen molar-refractivity contribution in [3.63, 3.8) is 0 Å². The Balaban J connectivity index is 0.00000225. The lowest BCUT2D eigenvalue weighted by molar-refractivity contribution is 0.251. The molecule has 1 aromatic carbocycles. The monoisotopic (exact) mass is 242 g/mol. The highest BCUT2D eigenvalue weighted by Gasteiger charge is 2.18. The Morgan fingerprint density at radius 1 is 1.44 bits per heavy atom. The van der Waals surface area contributed by atoms with Crippen LogP contribution in [0.1, 0.15) is 5.56 Å². The number of rotatable bonds is 1. The topological polar surface area (TPSA) is 82.2 Å². The van der Waals surface area contributed by atoms with E-state index < -0.39 is 6.03 Å². The minimum Gasteiger partial charge on any atom is -0.369 e. The summed E-state index contributed by atoms with van der Waals surface area (Å²) in [5, 5.41) is 9.80. The van der Waals surface area contributed by atoms with Crippen LogP contribution >= 0.6 is 12.4 Å². The molecule has 2 amide bonds. The lowest BCUT2D eigenvalue weighted by Crippen LogP contribution is -2.46.